The van der Waals surface area contributed by atoms with Crippen LogP contribution in [0.3, 0.4) is 0 Å². The summed E-state index contributed by atoms with van der Waals surface area (Å²) in [7, 11) is 0. The predicted octanol–water partition coefficient (Wildman–Crippen LogP) is 11.2. The van der Waals surface area contributed by atoms with Crippen molar-refractivity contribution in [3.63, 3.8) is 0 Å². The van der Waals surface area contributed by atoms with Gasteiger partial charge in [-0.1, -0.05) is 72.8 Å². The highest BCUT2D eigenvalue weighted by molar-refractivity contribution is 6.43. The first kappa shape index (κ1) is 35.8. The third kappa shape index (κ3) is 4.50. The SMILES string of the molecule is O=c1c2cc(O)ccc2c2c3cccc4c(=O)c5cc(O)ccc5c(c5cccc1c52)c43.O=c1c2cc(O)ccc2c2c3cccc4c(=O)c5cc(O)ccc5c(c5cccc1c52)c43. The highest BCUT2D eigenvalue weighted by Crippen LogP contribution is 2.46. The molecule has 14 aromatic rings. The first-order valence-corrected chi connectivity index (χ1v) is 20.6. The number of fused-ring (bicyclic) bond motifs is 12. The van der Waals surface area contributed by atoms with Crippen LogP contribution >= 0.6 is 0 Å². The summed E-state index contributed by atoms with van der Waals surface area (Å²) in [5, 5.41) is 57.9. The second-order valence-electron chi connectivity index (χ2n) is 16.6. The van der Waals surface area contributed by atoms with Crippen molar-refractivity contribution in [2.24, 2.45) is 0 Å². The van der Waals surface area contributed by atoms with Crippen LogP contribution in [-0.4, -0.2) is 20.4 Å². The molecule has 0 amide bonds. The maximum atomic E-state index is 13.4. The van der Waals surface area contributed by atoms with Crippen molar-refractivity contribution in [2.75, 3.05) is 0 Å². The molecule has 0 heterocycles. The maximum absolute atomic E-state index is 13.4. The lowest BCUT2D eigenvalue weighted by Gasteiger charge is -2.17. The molecule has 0 aliphatic rings. The van der Waals surface area contributed by atoms with Gasteiger partial charge in [0.05, 0.1) is 0 Å². The molecular formula is C56H28O8. The molecule has 14 aromatic carbocycles. The van der Waals surface area contributed by atoms with Gasteiger partial charge >= 0.3 is 0 Å². The Balaban J connectivity index is 0.000000129. The Morgan fingerprint density at radius 3 is 0.609 bits per heavy atom. The Hall–Kier alpha value is -8.88. The van der Waals surface area contributed by atoms with E-state index in [1.165, 1.54) is 24.3 Å². The second kappa shape index (κ2) is 12.4. The third-order valence-corrected chi connectivity index (χ3v) is 13.4. The molecule has 0 aromatic heterocycles. The summed E-state index contributed by atoms with van der Waals surface area (Å²) >= 11 is 0. The normalized spacial score (nSPS) is 12.2. The van der Waals surface area contributed by atoms with E-state index in [0.717, 1.165) is 86.2 Å². The molecule has 0 saturated heterocycles. The van der Waals surface area contributed by atoms with Crippen LogP contribution in [0.1, 0.15) is 0 Å². The topological polar surface area (TPSA) is 149 Å². The highest BCUT2D eigenvalue weighted by Gasteiger charge is 2.23. The fraction of sp³-hybridized carbons (Fsp3) is 0. The van der Waals surface area contributed by atoms with Crippen LogP contribution in [0.4, 0.5) is 0 Å². The Kier molecular flexibility index (Phi) is 6.93. The quantitative estimate of drug-likeness (QED) is 0.0872. The molecule has 8 heteroatoms. The standard InChI is InChI=1S/2C28H14O4/c2*29-13-8-10-16-21(11-13)27(31)19-5-1-3-17-23-15-9-7-14(30)12-22(15)28(32)20-6-2-4-18(26(20)23)24(16)25(17)19/h2*1-12,29-30H. The number of hydrogen-bond acceptors (Lipinski definition) is 8. The van der Waals surface area contributed by atoms with E-state index in [2.05, 4.69) is 0 Å². The van der Waals surface area contributed by atoms with Crippen molar-refractivity contribution in [1.29, 1.82) is 0 Å². The van der Waals surface area contributed by atoms with Gasteiger partial charge in [-0.3, -0.25) is 19.2 Å². The lowest BCUT2D eigenvalue weighted by atomic mass is 9.85. The number of benzene rings is 14. The Bertz CT molecular complexity index is 4080. The van der Waals surface area contributed by atoms with Gasteiger partial charge in [-0.2, -0.15) is 0 Å². The number of rotatable bonds is 0. The van der Waals surface area contributed by atoms with E-state index in [1.807, 2.05) is 72.8 Å². The molecule has 0 spiro atoms. The lowest BCUT2D eigenvalue weighted by molar-refractivity contribution is 0.475. The van der Waals surface area contributed by atoms with Crippen molar-refractivity contribution in [3.8, 4) is 23.0 Å². The molecule has 14 rings (SSSR count). The van der Waals surface area contributed by atoms with E-state index < -0.39 is 0 Å². The van der Waals surface area contributed by atoms with Crippen molar-refractivity contribution < 1.29 is 20.4 Å². The molecule has 0 atom stereocenters. The van der Waals surface area contributed by atoms with Crippen LogP contribution in [0.25, 0.3) is 129 Å². The van der Waals surface area contributed by atoms with Crippen LogP contribution in [0.2, 0.25) is 0 Å². The minimum absolute atomic E-state index is 0.0411. The van der Waals surface area contributed by atoms with Gasteiger partial charge in [-0.25, -0.2) is 0 Å². The van der Waals surface area contributed by atoms with E-state index in [0.29, 0.717) is 43.1 Å². The van der Waals surface area contributed by atoms with Gasteiger partial charge in [0, 0.05) is 64.6 Å². The molecule has 0 saturated carbocycles. The van der Waals surface area contributed by atoms with Gasteiger partial charge < -0.3 is 20.4 Å². The lowest BCUT2D eigenvalue weighted by Crippen LogP contribution is -2.06. The minimum Gasteiger partial charge on any atom is -0.508 e. The zero-order valence-electron chi connectivity index (χ0n) is 33.3. The summed E-state index contributed by atoms with van der Waals surface area (Å²) in [6.07, 6.45) is 0. The molecule has 0 aliphatic heterocycles. The monoisotopic (exact) mass is 828 g/mol. The van der Waals surface area contributed by atoms with Gasteiger partial charge in [0.1, 0.15) is 23.0 Å². The fourth-order valence-corrected chi connectivity index (χ4v) is 10.9. The molecule has 0 fully saturated rings. The smallest absolute Gasteiger partial charge is 0.194 e. The predicted molar refractivity (Wildman–Crippen MR) is 259 cm³/mol. The van der Waals surface area contributed by atoms with Crippen molar-refractivity contribution >= 4 is 129 Å². The highest BCUT2D eigenvalue weighted by atomic mass is 16.3. The van der Waals surface area contributed by atoms with Crippen molar-refractivity contribution in [3.05, 3.63) is 186 Å². The Morgan fingerprint density at radius 2 is 0.391 bits per heavy atom. The Morgan fingerprint density at radius 1 is 0.203 bits per heavy atom. The van der Waals surface area contributed by atoms with Crippen LogP contribution < -0.4 is 21.7 Å². The first-order chi connectivity index (χ1) is 31.1. The first-order valence-electron chi connectivity index (χ1n) is 20.6. The largest absolute Gasteiger partial charge is 0.508 e. The zero-order valence-corrected chi connectivity index (χ0v) is 33.3. The molecule has 0 bridgehead atoms. The number of phenolic OH excluding ortho intramolecular Hbond substituents is 4. The van der Waals surface area contributed by atoms with Gasteiger partial charge in [0.15, 0.2) is 21.7 Å². The van der Waals surface area contributed by atoms with Gasteiger partial charge in [-0.05, 0) is 137 Å². The van der Waals surface area contributed by atoms with Crippen LogP contribution in [-0.2, 0) is 0 Å². The van der Waals surface area contributed by atoms with E-state index >= 15 is 0 Å². The fourth-order valence-electron chi connectivity index (χ4n) is 10.9. The van der Waals surface area contributed by atoms with Crippen LogP contribution in [0.5, 0.6) is 23.0 Å². The maximum Gasteiger partial charge on any atom is 0.194 e. The number of phenols is 4. The Labute approximate surface area is 357 Å². The zero-order chi connectivity index (χ0) is 43.4. The molecule has 0 unspecified atom stereocenters. The van der Waals surface area contributed by atoms with Crippen LogP contribution in [0.15, 0.2) is 165 Å². The van der Waals surface area contributed by atoms with E-state index in [1.54, 1.807) is 48.5 Å². The van der Waals surface area contributed by atoms with Crippen LogP contribution in [0, 0.1) is 0 Å². The average molecular weight is 829 g/mol. The molecule has 4 N–H and O–H groups in total. The van der Waals surface area contributed by atoms with E-state index in [4.69, 9.17) is 0 Å². The third-order valence-electron chi connectivity index (χ3n) is 13.4. The van der Waals surface area contributed by atoms with E-state index in [9.17, 15) is 39.6 Å². The summed E-state index contributed by atoms with van der Waals surface area (Å²) in [6, 6.07) is 42.1. The number of hydrogen-bond donors (Lipinski definition) is 4. The van der Waals surface area contributed by atoms with Crippen molar-refractivity contribution in [1.82, 2.24) is 0 Å². The summed E-state index contributed by atoms with van der Waals surface area (Å²) in [6.45, 7) is 0. The summed E-state index contributed by atoms with van der Waals surface area (Å²) < 4.78 is 0. The summed E-state index contributed by atoms with van der Waals surface area (Å²) in [5.74, 6) is 0.164. The molecule has 8 nitrogen and oxygen atoms in total. The summed E-state index contributed by atoms with van der Waals surface area (Å²) in [4.78, 5) is 53.6. The molecule has 0 radical (unpaired) electrons. The summed E-state index contributed by atoms with van der Waals surface area (Å²) in [5.41, 5.74) is -0.520. The second-order valence-corrected chi connectivity index (χ2v) is 16.6. The minimum atomic E-state index is -0.130. The van der Waals surface area contributed by atoms with Gasteiger partial charge in [0.2, 0.25) is 0 Å². The molecule has 300 valence electrons. The van der Waals surface area contributed by atoms with Gasteiger partial charge in [0.25, 0.3) is 0 Å². The number of aromatic hydroxyl groups is 4. The molecule has 64 heavy (non-hydrogen) atoms. The molecule has 0 aliphatic carbocycles. The average Bonchev–Trinajstić information content (AvgIpc) is 3.30. The van der Waals surface area contributed by atoms with Crippen molar-refractivity contribution in [2.45, 2.75) is 0 Å². The molecular weight excluding hydrogens is 801 g/mol. The van der Waals surface area contributed by atoms with E-state index in [-0.39, 0.29) is 44.7 Å². The van der Waals surface area contributed by atoms with Gasteiger partial charge in [-0.15, -0.1) is 0 Å².